The highest BCUT2D eigenvalue weighted by Crippen LogP contribution is 2.23. The predicted molar refractivity (Wildman–Crippen MR) is 104 cm³/mol. The van der Waals surface area contributed by atoms with Crippen molar-refractivity contribution in [2.24, 2.45) is 0 Å². The van der Waals surface area contributed by atoms with E-state index in [4.69, 9.17) is 4.42 Å². The number of carbonyl (C=O) groups excluding carboxylic acids is 1. The van der Waals surface area contributed by atoms with E-state index >= 15 is 0 Å². The van der Waals surface area contributed by atoms with Gasteiger partial charge in [0, 0.05) is 11.1 Å². The summed E-state index contributed by atoms with van der Waals surface area (Å²) in [7, 11) is 0. The summed E-state index contributed by atoms with van der Waals surface area (Å²) in [5, 5.41) is 11.4. The highest BCUT2D eigenvalue weighted by molar-refractivity contribution is 6.10. The molecule has 0 aliphatic carbocycles. The lowest BCUT2D eigenvalue weighted by atomic mass is 10.0. The summed E-state index contributed by atoms with van der Waals surface area (Å²) in [5.74, 6) is 1.36. The average Bonchev–Trinajstić information content (AvgIpc) is 3.44. The van der Waals surface area contributed by atoms with Gasteiger partial charge in [0.1, 0.15) is 12.1 Å². The Hall–Kier alpha value is -4.00. The van der Waals surface area contributed by atoms with Crippen LogP contribution in [0, 0.1) is 0 Å². The van der Waals surface area contributed by atoms with Gasteiger partial charge in [-0.3, -0.25) is 9.20 Å². The van der Waals surface area contributed by atoms with Crippen LogP contribution >= 0.6 is 0 Å². The summed E-state index contributed by atoms with van der Waals surface area (Å²) in [6.07, 6.45) is 3.25. The van der Waals surface area contributed by atoms with E-state index in [1.54, 1.807) is 30.8 Å². The molecule has 2 aromatic carbocycles. The molecule has 5 aromatic rings. The van der Waals surface area contributed by atoms with Gasteiger partial charge in [-0.05, 0) is 30.3 Å². The number of aromatic nitrogens is 4. The fourth-order valence-corrected chi connectivity index (χ4v) is 3.15. The zero-order chi connectivity index (χ0) is 18.9. The van der Waals surface area contributed by atoms with E-state index in [-0.39, 0.29) is 5.78 Å². The van der Waals surface area contributed by atoms with Gasteiger partial charge in [0.2, 0.25) is 5.65 Å². The highest BCUT2D eigenvalue weighted by Gasteiger charge is 2.14. The van der Waals surface area contributed by atoms with Crippen molar-refractivity contribution in [3.63, 3.8) is 0 Å². The van der Waals surface area contributed by atoms with Gasteiger partial charge in [0.25, 0.3) is 0 Å². The summed E-state index contributed by atoms with van der Waals surface area (Å²) < 4.78 is 7.18. The van der Waals surface area contributed by atoms with Gasteiger partial charge in [-0.25, -0.2) is 4.98 Å². The van der Waals surface area contributed by atoms with Crippen molar-refractivity contribution in [3.05, 3.63) is 90.1 Å². The molecular formula is C21H15N5O2. The second kappa shape index (κ2) is 6.62. The lowest BCUT2D eigenvalue weighted by molar-refractivity contribution is 0.103. The van der Waals surface area contributed by atoms with Crippen molar-refractivity contribution < 1.29 is 9.21 Å². The summed E-state index contributed by atoms with van der Waals surface area (Å²) in [6.45, 7) is 0.485. The molecule has 0 bridgehead atoms. The molecule has 0 radical (unpaired) electrons. The zero-order valence-corrected chi connectivity index (χ0v) is 14.7. The molecule has 3 aromatic heterocycles. The molecule has 0 atom stereocenters. The highest BCUT2D eigenvalue weighted by atomic mass is 16.3. The predicted octanol–water partition coefficient (Wildman–Crippen LogP) is 3.71. The van der Waals surface area contributed by atoms with Crippen LogP contribution < -0.4 is 5.32 Å². The van der Waals surface area contributed by atoms with Gasteiger partial charge in [-0.2, -0.15) is 0 Å². The fraction of sp³-hybridized carbons (Fsp3) is 0.0476. The third kappa shape index (κ3) is 2.79. The number of hydrogen-bond acceptors (Lipinski definition) is 6. The lowest BCUT2D eigenvalue weighted by Crippen LogP contribution is -2.06. The van der Waals surface area contributed by atoms with E-state index in [9.17, 15) is 4.79 Å². The van der Waals surface area contributed by atoms with Crippen LogP contribution in [0.4, 0.5) is 5.82 Å². The molecule has 0 spiro atoms. The lowest BCUT2D eigenvalue weighted by Gasteiger charge is -2.09. The number of anilines is 1. The average molecular weight is 369 g/mol. The van der Waals surface area contributed by atoms with Crippen molar-refractivity contribution in [2.75, 3.05) is 5.32 Å². The van der Waals surface area contributed by atoms with Gasteiger partial charge in [-0.15, -0.1) is 10.2 Å². The number of rotatable bonds is 5. The molecule has 5 rings (SSSR count). The van der Waals surface area contributed by atoms with Crippen LogP contribution in [0.5, 0.6) is 0 Å². The second-order valence-electron chi connectivity index (χ2n) is 6.32. The van der Waals surface area contributed by atoms with Gasteiger partial charge in [-0.1, -0.05) is 30.3 Å². The molecule has 1 N–H and O–H groups in total. The van der Waals surface area contributed by atoms with Gasteiger partial charge in [0.05, 0.1) is 23.8 Å². The second-order valence-corrected chi connectivity index (χ2v) is 6.32. The number of hydrogen-bond donors (Lipinski definition) is 1. The Morgan fingerprint density at radius 3 is 2.75 bits per heavy atom. The van der Waals surface area contributed by atoms with Gasteiger partial charge < -0.3 is 9.73 Å². The van der Waals surface area contributed by atoms with Crippen LogP contribution in [0.3, 0.4) is 0 Å². The number of ketones is 1. The summed E-state index contributed by atoms with van der Waals surface area (Å²) in [6, 6.07) is 18.4. The number of nitrogens with one attached hydrogen (secondary N) is 1. The standard InChI is InChI=1S/C21H15N5O2/c27-19(14-5-2-1-3-6-14)15-8-9-17-18(11-15)26-13-23-25-21(26)20(24-17)22-12-16-7-4-10-28-16/h1-11,13H,12H2,(H,22,24). The maximum Gasteiger partial charge on any atom is 0.203 e. The van der Waals surface area contributed by atoms with Crippen molar-refractivity contribution in [1.82, 2.24) is 19.6 Å². The molecule has 0 aliphatic heterocycles. The van der Waals surface area contributed by atoms with E-state index < -0.39 is 0 Å². The topological polar surface area (TPSA) is 85.3 Å². The molecule has 3 heterocycles. The molecule has 136 valence electrons. The largest absolute Gasteiger partial charge is 0.467 e. The molecule has 0 saturated carbocycles. The van der Waals surface area contributed by atoms with Crippen LogP contribution in [-0.2, 0) is 6.54 Å². The molecule has 7 heteroatoms. The van der Waals surface area contributed by atoms with Crippen molar-refractivity contribution in [2.45, 2.75) is 6.54 Å². The minimum atomic E-state index is -0.0382. The Labute approximate surface area is 159 Å². The SMILES string of the molecule is O=C(c1ccccc1)c1ccc2nc(NCc3ccco3)c3nncn3c2c1. The monoisotopic (exact) mass is 369 g/mol. The number of benzene rings is 2. The summed E-state index contributed by atoms with van der Waals surface area (Å²) in [4.78, 5) is 17.4. The summed E-state index contributed by atoms with van der Waals surface area (Å²) in [5.41, 5.74) is 3.32. The quantitative estimate of drug-likeness (QED) is 0.475. The Bertz CT molecular complexity index is 1280. The Balaban J connectivity index is 1.57. The molecule has 0 unspecified atom stereocenters. The normalized spacial score (nSPS) is 11.1. The molecule has 0 amide bonds. The van der Waals surface area contributed by atoms with E-state index in [0.29, 0.717) is 29.1 Å². The van der Waals surface area contributed by atoms with Crippen LogP contribution in [0.1, 0.15) is 21.7 Å². The smallest absolute Gasteiger partial charge is 0.203 e. The van der Waals surface area contributed by atoms with Gasteiger partial charge in [0.15, 0.2) is 11.6 Å². The third-order valence-corrected chi connectivity index (χ3v) is 4.54. The Morgan fingerprint density at radius 2 is 1.93 bits per heavy atom. The van der Waals surface area contributed by atoms with Crippen molar-refractivity contribution in [3.8, 4) is 0 Å². The zero-order valence-electron chi connectivity index (χ0n) is 14.7. The van der Waals surface area contributed by atoms with E-state index in [0.717, 1.165) is 16.8 Å². The first-order valence-corrected chi connectivity index (χ1v) is 8.79. The molecule has 0 aliphatic rings. The Kier molecular flexibility index (Phi) is 3.83. The van der Waals surface area contributed by atoms with Crippen LogP contribution in [-0.4, -0.2) is 25.4 Å². The number of carbonyl (C=O) groups is 1. The third-order valence-electron chi connectivity index (χ3n) is 4.54. The van der Waals surface area contributed by atoms with E-state index in [2.05, 4.69) is 20.5 Å². The molecule has 0 fully saturated rings. The number of nitrogens with zero attached hydrogens (tertiary/aromatic N) is 4. The van der Waals surface area contributed by atoms with Gasteiger partial charge >= 0.3 is 0 Å². The number of furan rings is 1. The number of fused-ring (bicyclic) bond motifs is 3. The fourth-order valence-electron chi connectivity index (χ4n) is 3.15. The van der Waals surface area contributed by atoms with Crippen molar-refractivity contribution in [1.29, 1.82) is 0 Å². The Morgan fingerprint density at radius 1 is 1.04 bits per heavy atom. The minimum Gasteiger partial charge on any atom is -0.467 e. The van der Waals surface area contributed by atoms with Crippen LogP contribution in [0.2, 0.25) is 0 Å². The molecule has 28 heavy (non-hydrogen) atoms. The van der Waals surface area contributed by atoms with E-state index in [1.807, 2.05) is 46.9 Å². The van der Waals surface area contributed by atoms with E-state index in [1.165, 1.54) is 0 Å². The van der Waals surface area contributed by atoms with Crippen molar-refractivity contribution >= 4 is 28.3 Å². The maximum absolute atomic E-state index is 12.8. The van der Waals surface area contributed by atoms with Crippen LogP contribution in [0.15, 0.2) is 77.7 Å². The minimum absolute atomic E-state index is 0.0382. The molecular weight excluding hydrogens is 354 g/mol. The molecule has 7 nitrogen and oxygen atoms in total. The first kappa shape index (κ1) is 16.2. The first-order chi connectivity index (χ1) is 13.8. The summed E-state index contributed by atoms with van der Waals surface area (Å²) >= 11 is 0. The van der Waals surface area contributed by atoms with Crippen LogP contribution in [0.25, 0.3) is 16.7 Å². The maximum atomic E-state index is 12.8. The first-order valence-electron chi connectivity index (χ1n) is 8.79. The molecule has 0 saturated heterocycles.